The minimum absolute atomic E-state index is 0.251. The molecule has 2 aromatic heterocycles. The number of carbonyl (C=O) groups excluding carboxylic acids is 1. The van der Waals surface area contributed by atoms with Gasteiger partial charge in [0.1, 0.15) is 0 Å². The summed E-state index contributed by atoms with van der Waals surface area (Å²) in [5.41, 5.74) is 0.800. The third-order valence-corrected chi connectivity index (χ3v) is 4.82. The maximum absolute atomic E-state index is 11.5. The van der Waals surface area contributed by atoms with Gasteiger partial charge in [0.2, 0.25) is 10.9 Å². The number of aromatic nitrogens is 2. The van der Waals surface area contributed by atoms with Crippen LogP contribution in [0.5, 0.6) is 0 Å². The number of hydrogen-bond acceptors (Lipinski definition) is 8. The molecule has 6 nitrogen and oxygen atoms in total. The molecule has 2 aromatic rings. The molecule has 20 heavy (non-hydrogen) atoms. The number of thioether (sulfide) groups is 1. The third-order valence-electron chi connectivity index (χ3n) is 2.78. The minimum atomic E-state index is -0.459. The number of furan rings is 1. The average molecular weight is 311 g/mol. The normalized spacial score (nSPS) is 14.2. The molecule has 0 radical (unpaired) electrons. The Morgan fingerprint density at radius 2 is 2.45 bits per heavy atom. The van der Waals surface area contributed by atoms with Gasteiger partial charge < -0.3 is 14.5 Å². The van der Waals surface area contributed by atoms with Crippen LogP contribution in [0.1, 0.15) is 29.0 Å². The molecule has 0 saturated heterocycles. The van der Waals surface area contributed by atoms with Gasteiger partial charge in [0.15, 0.2) is 4.34 Å². The summed E-state index contributed by atoms with van der Waals surface area (Å²) in [7, 11) is 1.34. The van der Waals surface area contributed by atoms with Crippen molar-refractivity contribution in [2.45, 2.75) is 29.0 Å². The molecule has 2 heterocycles. The van der Waals surface area contributed by atoms with E-state index in [0.29, 0.717) is 11.8 Å². The van der Waals surface area contributed by atoms with E-state index in [1.807, 2.05) is 0 Å². The molecule has 0 amide bonds. The van der Waals surface area contributed by atoms with Gasteiger partial charge in [-0.05, 0) is 18.9 Å². The van der Waals surface area contributed by atoms with Crippen molar-refractivity contribution in [3.05, 3.63) is 23.7 Å². The van der Waals surface area contributed by atoms with Crippen LogP contribution in [0.15, 0.2) is 21.1 Å². The second kappa shape index (κ2) is 5.84. The predicted octanol–water partition coefficient (Wildman–Crippen LogP) is 2.78. The summed E-state index contributed by atoms with van der Waals surface area (Å²) in [6.07, 6.45) is 3.90. The van der Waals surface area contributed by atoms with Gasteiger partial charge in [0, 0.05) is 17.4 Å². The Labute approximate surface area is 123 Å². The molecule has 0 atom stereocenters. The summed E-state index contributed by atoms with van der Waals surface area (Å²) in [6, 6.07) is 2.34. The van der Waals surface area contributed by atoms with Crippen LogP contribution in [0.2, 0.25) is 0 Å². The maximum Gasteiger partial charge on any atom is 0.374 e. The number of hydrogen-bond donors (Lipinski definition) is 1. The molecule has 8 heteroatoms. The van der Waals surface area contributed by atoms with Gasteiger partial charge in [-0.25, -0.2) is 4.79 Å². The number of esters is 1. The lowest BCUT2D eigenvalue weighted by atomic mass is 10.3. The third kappa shape index (κ3) is 3.13. The zero-order valence-electron chi connectivity index (χ0n) is 10.8. The summed E-state index contributed by atoms with van der Waals surface area (Å²) in [6.45, 7) is 0. The van der Waals surface area contributed by atoms with E-state index in [-0.39, 0.29) is 5.76 Å². The van der Waals surface area contributed by atoms with E-state index in [2.05, 4.69) is 20.3 Å². The highest BCUT2D eigenvalue weighted by Gasteiger charge is 2.22. The first-order valence-corrected chi connectivity index (χ1v) is 7.94. The Balaban J connectivity index is 1.59. The Morgan fingerprint density at radius 3 is 3.20 bits per heavy atom. The van der Waals surface area contributed by atoms with Gasteiger partial charge in [0.25, 0.3) is 0 Å². The number of ether oxygens (including phenoxy) is 1. The first kappa shape index (κ1) is 13.4. The highest BCUT2D eigenvalue weighted by molar-refractivity contribution is 8.00. The zero-order chi connectivity index (χ0) is 13.9. The van der Waals surface area contributed by atoms with E-state index in [9.17, 15) is 4.79 Å². The second-order valence-corrected chi connectivity index (χ2v) is 6.55. The van der Waals surface area contributed by atoms with E-state index in [4.69, 9.17) is 4.42 Å². The van der Waals surface area contributed by atoms with Crippen LogP contribution >= 0.6 is 23.1 Å². The number of rotatable bonds is 6. The van der Waals surface area contributed by atoms with Crippen molar-refractivity contribution in [3.63, 3.8) is 0 Å². The zero-order valence-corrected chi connectivity index (χ0v) is 12.4. The monoisotopic (exact) mass is 311 g/mol. The van der Waals surface area contributed by atoms with Crippen molar-refractivity contribution < 1.29 is 13.9 Å². The SMILES string of the molecule is COC(=O)c1occc1CSc1nnc(NC2CC2)s1. The number of carbonyl (C=O) groups is 1. The largest absolute Gasteiger partial charge is 0.463 e. The Kier molecular flexibility index (Phi) is 3.93. The summed E-state index contributed by atoms with van der Waals surface area (Å²) >= 11 is 3.05. The van der Waals surface area contributed by atoms with Crippen LogP contribution in [-0.4, -0.2) is 29.3 Å². The topological polar surface area (TPSA) is 77.2 Å². The fraction of sp³-hybridized carbons (Fsp3) is 0.417. The molecule has 0 bridgehead atoms. The summed E-state index contributed by atoms with van der Waals surface area (Å²) in [5.74, 6) is 0.388. The van der Waals surface area contributed by atoms with E-state index in [1.54, 1.807) is 6.07 Å². The lowest BCUT2D eigenvalue weighted by Gasteiger charge is -1.99. The van der Waals surface area contributed by atoms with Crippen molar-refractivity contribution in [1.29, 1.82) is 0 Å². The van der Waals surface area contributed by atoms with Crippen molar-refractivity contribution in [2.75, 3.05) is 12.4 Å². The van der Waals surface area contributed by atoms with Crippen LogP contribution in [0, 0.1) is 0 Å². The molecular weight excluding hydrogens is 298 g/mol. The molecule has 0 aromatic carbocycles. The molecule has 1 aliphatic rings. The second-order valence-electron chi connectivity index (χ2n) is 4.35. The van der Waals surface area contributed by atoms with Gasteiger partial charge in [-0.1, -0.05) is 23.1 Å². The predicted molar refractivity (Wildman–Crippen MR) is 76.2 cm³/mol. The van der Waals surface area contributed by atoms with Gasteiger partial charge in [0.05, 0.1) is 13.4 Å². The van der Waals surface area contributed by atoms with Gasteiger partial charge >= 0.3 is 5.97 Å². The van der Waals surface area contributed by atoms with Gasteiger partial charge in [-0.2, -0.15) is 0 Å². The van der Waals surface area contributed by atoms with Crippen LogP contribution in [-0.2, 0) is 10.5 Å². The molecular formula is C12H13N3O3S2. The molecule has 1 aliphatic carbocycles. The van der Waals surface area contributed by atoms with Crippen LogP contribution in [0.4, 0.5) is 5.13 Å². The maximum atomic E-state index is 11.5. The van der Waals surface area contributed by atoms with E-state index < -0.39 is 5.97 Å². The Bertz CT molecular complexity index is 607. The van der Waals surface area contributed by atoms with Crippen molar-refractivity contribution in [3.8, 4) is 0 Å². The number of nitrogens with zero attached hydrogens (tertiary/aromatic N) is 2. The number of methoxy groups -OCH3 is 1. The van der Waals surface area contributed by atoms with Crippen molar-refractivity contribution in [2.24, 2.45) is 0 Å². The molecule has 0 aliphatic heterocycles. The van der Waals surface area contributed by atoms with Crippen molar-refractivity contribution in [1.82, 2.24) is 10.2 Å². The lowest BCUT2D eigenvalue weighted by Crippen LogP contribution is -2.02. The molecule has 1 N–H and O–H groups in total. The fourth-order valence-electron chi connectivity index (χ4n) is 1.59. The van der Waals surface area contributed by atoms with Crippen LogP contribution < -0.4 is 5.32 Å². The Morgan fingerprint density at radius 1 is 1.60 bits per heavy atom. The van der Waals surface area contributed by atoms with Gasteiger partial charge in [-0.15, -0.1) is 10.2 Å². The van der Waals surface area contributed by atoms with Crippen LogP contribution in [0.25, 0.3) is 0 Å². The molecule has 1 saturated carbocycles. The van der Waals surface area contributed by atoms with E-state index in [1.165, 1.54) is 49.3 Å². The van der Waals surface area contributed by atoms with Crippen LogP contribution in [0.3, 0.4) is 0 Å². The van der Waals surface area contributed by atoms with Gasteiger partial charge in [-0.3, -0.25) is 0 Å². The molecule has 3 rings (SSSR count). The molecule has 106 valence electrons. The van der Waals surface area contributed by atoms with E-state index in [0.717, 1.165) is 15.0 Å². The highest BCUT2D eigenvalue weighted by atomic mass is 32.2. The summed E-state index contributed by atoms with van der Waals surface area (Å²) in [5, 5.41) is 12.4. The minimum Gasteiger partial charge on any atom is -0.463 e. The van der Waals surface area contributed by atoms with Crippen molar-refractivity contribution >= 4 is 34.2 Å². The smallest absolute Gasteiger partial charge is 0.374 e. The summed E-state index contributed by atoms with van der Waals surface area (Å²) < 4.78 is 10.7. The molecule has 1 fully saturated rings. The first-order valence-electron chi connectivity index (χ1n) is 6.14. The van der Waals surface area contributed by atoms with E-state index >= 15 is 0 Å². The quantitative estimate of drug-likeness (QED) is 0.649. The lowest BCUT2D eigenvalue weighted by molar-refractivity contribution is 0.0564. The number of nitrogens with one attached hydrogen (secondary N) is 1. The Hall–Kier alpha value is -1.54. The first-order chi connectivity index (χ1) is 9.76. The molecule has 0 unspecified atom stereocenters. The fourth-order valence-corrected chi connectivity index (χ4v) is 3.40. The highest BCUT2D eigenvalue weighted by Crippen LogP contribution is 2.32. The standard InChI is InChI=1S/C12H13N3O3S2/c1-17-10(16)9-7(4-5-18-9)6-19-12-15-14-11(20-12)13-8-2-3-8/h4-5,8H,2-3,6H2,1H3,(H,13,14). The average Bonchev–Trinajstić information content (AvgIpc) is 2.97. The number of anilines is 1. The molecule has 0 spiro atoms. The summed E-state index contributed by atoms with van der Waals surface area (Å²) in [4.78, 5) is 11.5.